The maximum atomic E-state index is 6.26. The number of hydrogen-bond acceptors (Lipinski definition) is 5. The summed E-state index contributed by atoms with van der Waals surface area (Å²) < 4.78 is 0. The molecule has 2 N–H and O–H groups in total. The van der Waals surface area contributed by atoms with Gasteiger partial charge in [0.25, 0.3) is 0 Å². The smallest absolute Gasteiger partial charge is 0.225 e. The van der Waals surface area contributed by atoms with E-state index in [-0.39, 0.29) is 0 Å². The number of halogens is 1. The summed E-state index contributed by atoms with van der Waals surface area (Å²) in [5, 5.41) is 0.703. The number of nitrogens with two attached hydrogens (primary N) is 1. The molecule has 5 nitrogen and oxygen atoms in total. The van der Waals surface area contributed by atoms with Crippen LogP contribution in [0.3, 0.4) is 0 Å². The summed E-state index contributed by atoms with van der Waals surface area (Å²) in [7, 11) is 0. The van der Waals surface area contributed by atoms with Crippen molar-refractivity contribution in [2.75, 3.05) is 41.7 Å². The van der Waals surface area contributed by atoms with E-state index in [9.17, 15) is 0 Å². The molecular formula is C14H16ClN5. The molecule has 0 unspecified atom stereocenters. The van der Waals surface area contributed by atoms with Gasteiger partial charge in [-0.1, -0.05) is 17.7 Å². The third kappa shape index (κ3) is 2.49. The molecule has 2 heterocycles. The third-order valence-electron chi connectivity index (χ3n) is 3.45. The fourth-order valence-corrected chi connectivity index (χ4v) is 2.75. The lowest BCUT2D eigenvalue weighted by Gasteiger charge is -2.36. The highest BCUT2D eigenvalue weighted by atomic mass is 35.5. The van der Waals surface area contributed by atoms with Crippen LogP contribution in [0.5, 0.6) is 0 Å². The number of nitrogens with zero attached hydrogens (tertiary/aromatic N) is 4. The van der Waals surface area contributed by atoms with E-state index in [1.807, 2.05) is 24.3 Å². The number of para-hydroxylation sites is 1. The van der Waals surface area contributed by atoms with E-state index in [1.54, 1.807) is 12.4 Å². The number of anilines is 3. The Bertz CT molecular complexity index is 561. The van der Waals surface area contributed by atoms with Crippen LogP contribution < -0.4 is 15.5 Å². The third-order valence-corrected chi connectivity index (χ3v) is 3.75. The molecule has 0 radical (unpaired) electrons. The summed E-state index contributed by atoms with van der Waals surface area (Å²) in [4.78, 5) is 13.0. The van der Waals surface area contributed by atoms with Crippen molar-refractivity contribution in [3.05, 3.63) is 41.7 Å². The maximum Gasteiger partial charge on any atom is 0.225 e. The van der Waals surface area contributed by atoms with Crippen molar-refractivity contribution in [3.8, 4) is 0 Å². The zero-order valence-electron chi connectivity index (χ0n) is 11.0. The van der Waals surface area contributed by atoms with E-state index in [2.05, 4.69) is 19.8 Å². The normalized spacial score (nSPS) is 15.4. The average molecular weight is 290 g/mol. The summed E-state index contributed by atoms with van der Waals surface area (Å²) in [6, 6.07) is 7.45. The van der Waals surface area contributed by atoms with E-state index < -0.39 is 0 Å². The van der Waals surface area contributed by atoms with Crippen LogP contribution in [0.2, 0.25) is 5.02 Å². The molecule has 0 bridgehead atoms. The number of benzene rings is 1. The Hall–Kier alpha value is -2.01. The number of aromatic nitrogens is 2. The van der Waals surface area contributed by atoms with Crippen LogP contribution in [0.4, 0.5) is 17.3 Å². The van der Waals surface area contributed by atoms with Gasteiger partial charge in [-0.15, -0.1) is 0 Å². The first-order chi connectivity index (χ1) is 9.75. The monoisotopic (exact) mass is 289 g/mol. The topological polar surface area (TPSA) is 58.3 Å². The van der Waals surface area contributed by atoms with E-state index in [0.717, 1.165) is 43.5 Å². The van der Waals surface area contributed by atoms with Crippen molar-refractivity contribution in [2.45, 2.75) is 0 Å². The van der Waals surface area contributed by atoms with Gasteiger partial charge in [-0.2, -0.15) is 0 Å². The molecule has 1 aromatic carbocycles. The molecule has 0 amide bonds. The molecule has 0 spiro atoms. The van der Waals surface area contributed by atoms with Gasteiger partial charge in [-0.3, -0.25) is 0 Å². The Balaban J connectivity index is 1.73. The second-order valence-electron chi connectivity index (χ2n) is 4.70. The summed E-state index contributed by atoms with van der Waals surface area (Å²) in [5.41, 5.74) is 7.69. The van der Waals surface area contributed by atoms with Crippen molar-refractivity contribution in [2.24, 2.45) is 0 Å². The molecule has 3 rings (SSSR count). The van der Waals surface area contributed by atoms with Crippen LogP contribution in [-0.4, -0.2) is 36.1 Å². The quantitative estimate of drug-likeness (QED) is 0.858. The van der Waals surface area contributed by atoms with Gasteiger partial charge in [0.2, 0.25) is 5.95 Å². The summed E-state index contributed by atoms with van der Waals surface area (Å²) in [6.45, 7) is 3.42. The van der Waals surface area contributed by atoms with Crippen LogP contribution in [-0.2, 0) is 0 Å². The lowest BCUT2D eigenvalue weighted by molar-refractivity contribution is 0.640. The van der Waals surface area contributed by atoms with Crippen molar-refractivity contribution in [1.29, 1.82) is 0 Å². The van der Waals surface area contributed by atoms with Crippen LogP contribution in [0.15, 0.2) is 36.7 Å². The Morgan fingerprint density at radius 3 is 2.25 bits per heavy atom. The molecule has 1 aromatic heterocycles. The molecule has 0 saturated carbocycles. The van der Waals surface area contributed by atoms with Gasteiger partial charge in [-0.05, 0) is 18.2 Å². The first-order valence-corrected chi connectivity index (χ1v) is 6.94. The number of piperazine rings is 1. The predicted octanol–water partition coefficient (Wildman–Crippen LogP) is 2.04. The van der Waals surface area contributed by atoms with Gasteiger partial charge in [0.15, 0.2) is 0 Å². The molecule has 0 atom stereocenters. The number of hydrogen-bond donors (Lipinski definition) is 1. The van der Waals surface area contributed by atoms with Crippen LogP contribution in [0.1, 0.15) is 0 Å². The SMILES string of the molecule is Nc1cccc(Cl)c1N1CCN(c2ncccn2)CC1. The van der Waals surface area contributed by atoms with Gasteiger partial charge in [0.1, 0.15) is 0 Å². The van der Waals surface area contributed by atoms with Gasteiger partial charge < -0.3 is 15.5 Å². The minimum Gasteiger partial charge on any atom is -0.397 e. The van der Waals surface area contributed by atoms with Crippen LogP contribution in [0, 0.1) is 0 Å². The molecule has 1 saturated heterocycles. The Morgan fingerprint density at radius 2 is 1.60 bits per heavy atom. The van der Waals surface area contributed by atoms with Crippen LogP contribution >= 0.6 is 11.6 Å². The highest BCUT2D eigenvalue weighted by Gasteiger charge is 2.21. The average Bonchev–Trinajstić information content (AvgIpc) is 2.49. The van der Waals surface area contributed by atoms with Gasteiger partial charge in [0, 0.05) is 38.6 Å². The van der Waals surface area contributed by atoms with Gasteiger partial charge in [0.05, 0.1) is 16.4 Å². The largest absolute Gasteiger partial charge is 0.397 e. The molecule has 20 heavy (non-hydrogen) atoms. The standard InChI is InChI=1S/C14H16ClN5/c15-11-3-1-4-12(16)13(11)19-7-9-20(10-8-19)14-17-5-2-6-18-14/h1-6H,7-10,16H2. The van der Waals surface area contributed by atoms with Crippen molar-refractivity contribution in [1.82, 2.24) is 9.97 Å². The molecule has 1 fully saturated rings. The number of rotatable bonds is 2. The van der Waals surface area contributed by atoms with Crippen LogP contribution in [0.25, 0.3) is 0 Å². The fraction of sp³-hybridized carbons (Fsp3) is 0.286. The van der Waals surface area contributed by atoms with Gasteiger partial charge in [-0.25, -0.2) is 9.97 Å². The predicted molar refractivity (Wildman–Crippen MR) is 82.3 cm³/mol. The van der Waals surface area contributed by atoms with E-state index in [1.165, 1.54) is 0 Å². The first kappa shape index (κ1) is 13.0. The summed E-state index contributed by atoms with van der Waals surface area (Å²) in [6.07, 6.45) is 3.53. The molecule has 6 heteroatoms. The lowest BCUT2D eigenvalue weighted by atomic mass is 10.2. The zero-order valence-corrected chi connectivity index (χ0v) is 11.8. The molecule has 0 aliphatic carbocycles. The van der Waals surface area contributed by atoms with E-state index in [0.29, 0.717) is 5.02 Å². The molecule has 1 aliphatic heterocycles. The second-order valence-corrected chi connectivity index (χ2v) is 5.11. The lowest BCUT2D eigenvalue weighted by Crippen LogP contribution is -2.47. The maximum absolute atomic E-state index is 6.26. The zero-order chi connectivity index (χ0) is 13.9. The molecule has 2 aromatic rings. The van der Waals surface area contributed by atoms with Gasteiger partial charge >= 0.3 is 0 Å². The highest BCUT2D eigenvalue weighted by Crippen LogP contribution is 2.32. The Kier molecular flexibility index (Phi) is 3.60. The summed E-state index contributed by atoms with van der Waals surface area (Å²) in [5.74, 6) is 0.777. The van der Waals surface area contributed by atoms with E-state index >= 15 is 0 Å². The van der Waals surface area contributed by atoms with Crippen molar-refractivity contribution < 1.29 is 0 Å². The summed E-state index contributed by atoms with van der Waals surface area (Å²) >= 11 is 6.26. The minimum absolute atomic E-state index is 0.703. The first-order valence-electron chi connectivity index (χ1n) is 6.56. The number of nitrogen functional groups attached to an aromatic ring is 1. The molecular weight excluding hydrogens is 274 g/mol. The second kappa shape index (κ2) is 5.54. The van der Waals surface area contributed by atoms with Crippen molar-refractivity contribution >= 4 is 28.9 Å². The highest BCUT2D eigenvalue weighted by molar-refractivity contribution is 6.34. The minimum atomic E-state index is 0.703. The fourth-order valence-electron chi connectivity index (χ4n) is 2.45. The Labute approximate surface area is 123 Å². The molecule has 1 aliphatic rings. The van der Waals surface area contributed by atoms with E-state index in [4.69, 9.17) is 17.3 Å². The Morgan fingerprint density at radius 1 is 0.950 bits per heavy atom. The molecule has 104 valence electrons. The van der Waals surface area contributed by atoms with Crippen molar-refractivity contribution in [3.63, 3.8) is 0 Å².